The molecule has 1 aliphatic heterocycles. The molecule has 1 heterocycles. The summed E-state index contributed by atoms with van der Waals surface area (Å²) >= 11 is 0. The quantitative estimate of drug-likeness (QED) is 0.776. The van der Waals surface area contributed by atoms with Gasteiger partial charge in [0.2, 0.25) is 5.91 Å². The largest absolute Gasteiger partial charge is 0.393 e. The molecule has 15 heavy (non-hydrogen) atoms. The Morgan fingerprint density at radius 2 is 2.13 bits per heavy atom. The highest BCUT2D eigenvalue weighted by atomic mass is 16.3. The molecule has 0 aromatic heterocycles. The fourth-order valence-electron chi connectivity index (χ4n) is 1.87. The Labute approximate surface area is 92.5 Å². The summed E-state index contributed by atoms with van der Waals surface area (Å²) in [5.74, 6) is 0.251. The highest BCUT2D eigenvalue weighted by Gasteiger charge is 2.27. The van der Waals surface area contributed by atoms with Gasteiger partial charge in [0.25, 0.3) is 0 Å². The molecule has 0 bridgehead atoms. The Hall–Kier alpha value is -0.570. The predicted octanol–water partition coefficient (Wildman–Crippen LogP) is 1.80. The molecule has 1 saturated heterocycles. The second-order valence-corrected chi connectivity index (χ2v) is 5.43. The van der Waals surface area contributed by atoms with E-state index in [9.17, 15) is 9.90 Å². The van der Waals surface area contributed by atoms with Crippen LogP contribution in [0, 0.1) is 5.41 Å². The molecule has 0 aromatic rings. The van der Waals surface area contributed by atoms with Gasteiger partial charge in [0.1, 0.15) is 0 Å². The average Bonchev–Trinajstić information content (AvgIpc) is 2.25. The summed E-state index contributed by atoms with van der Waals surface area (Å²) in [5, 5.41) is 9.20. The van der Waals surface area contributed by atoms with Crippen molar-refractivity contribution < 1.29 is 9.90 Å². The number of nitrogens with zero attached hydrogens (tertiary/aromatic N) is 1. The van der Waals surface area contributed by atoms with E-state index in [2.05, 4.69) is 13.8 Å². The van der Waals surface area contributed by atoms with Crippen molar-refractivity contribution in [3.05, 3.63) is 0 Å². The van der Waals surface area contributed by atoms with Gasteiger partial charge in [-0.3, -0.25) is 4.79 Å². The minimum Gasteiger partial charge on any atom is -0.393 e. The van der Waals surface area contributed by atoms with E-state index in [1.54, 1.807) is 6.92 Å². The summed E-state index contributed by atoms with van der Waals surface area (Å²) in [6, 6.07) is 0. The SMILES string of the molecule is CC(O)CCN1CCC(C)(C)CCC1=O. The Kier molecular flexibility index (Phi) is 4.14. The summed E-state index contributed by atoms with van der Waals surface area (Å²) < 4.78 is 0. The van der Waals surface area contributed by atoms with E-state index in [0.29, 0.717) is 19.4 Å². The highest BCUT2D eigenvalue weighted by molar-refractivity contribution is 5.76. The van der Waals surface area contributed by atoms with E-state index < -0.39 is 0 Å². The summed E-state index contributed by atoms with van der Waals surface area (Å²) in [6.07, 6.45) is 3.09. The summed E-state index contributed by atoms with van der Waals surface area (Å²) in [4.78, 5) is 13.7. The normalized spacial score (nSPS) is 23.7. The lowest BCUT2D eigenvalue weighted by Crippen LogP contribution is -2.32. The number of hydrogen-bond donors (Lipinski definition) is 1. The van der Waals surface area contributed by atoms with Crippen LogP contribution in [-0.2, 0) is 4.79 Å². The second-order valence-electron chi connectivity index (χ2n) is 5.43. The number of rotatable bonds is 3. The summed E-state index contributed by atoms with van der Waals surface area (Å²) in [7, 11) is 0. The first-order chi connectivity index (χ1) is 6.91. The van der Waals surface area contributed by atoms with Crippen LogP contribution in [0.3, 0.4) is 0 Å². The predicted molar refractivity (Wildman–Crippen MR) is 60.5 cm³/mol. The maximum atomic E-state index is 11.8. The number of aliphatic hydroxyl groups excluding tert-OH is 1. The molecule has 1 aliphatic rings. The highest BCUT2D eigenvalue weighted by Crippen LogP contribution is 2.30. The maximum Gasteiger partial charge on any atom is 0.222 e. The van der Waals surface area contributed by atoms with Crippen molar-refractivity contribution in [1.29, 1.82) is 0 Å². The van der Waals surface area contributed by atoms with E-state index >= 15 is 0 Å². The molecule has 3 nitrogen and oxygen atoms in total. The lowest BCUT2D eigenvalue weighted by molar-refractivity contribution is -0.130. The fourth-order valence-corrected chi connectivity index (χ4v) is 1.87. The molecule has 3 heteroatoms. The lowest BCUT2D eigenvalue weighted by atomic mass is 9.85. The molecule has 88 valence electrons. The van der Waals surface area contributed by atoms with Gasteiger partial charge >= 0.3 is 0 Å². The van der Waals surface area contributed by atoms with Crippen molar-refractivity contribution in [3.8, 4) is 0 Å². The smallest absolute Gasteiger partial charge is 0.222 e. The molecule has 0 spiro atoms. The van der Waals surface area contributed by atoms with Gasteiger partial charge in [-0.2, -0.15) is 0 Å². The molecule has 0 aliphatic carbocycles. The van der Waals surface area contributed by atoms with Crippen LogP contribution in [0.5, 0.6) is 0 Å². The molecule has 0 radical (unpaired) electrons. The average molecular weight is 213 g/mol. The fraction of sp³-hybridized carbons (Fsp3) is 0.917. The van der Waals surface area contributed by atoms with Crippen LogP contribution < -0.4 is 0 Å². The zero-order valence-corrected chi connectivity index (χ0v) is 10.1. The molecule has 0 saturated carbocycles. The van der Waals surface area contributed by atoms with Gasteiger partial charge in [0.05, 0.1) is 6.10 Å². The first-order valence-electron chi connectivity index (χ1n) is 5.86. The van der Waals surface area contributed by atoms with E-state index in [0.717, 1.165) is 19.4 Å². The van der Waals surface area contributed by atoms with Crippen molar-refractivity contribution >= 4 is 5.91 Å². The summed E-state index contributed by atoms with van der Waals surface area (Å²) in [6.45, 7) is 7.76. The number of carbonyl (C=O) groups is 1. The van der Waals surface area contributed by atoms with Gasteiger partial charge in [-0.15, -0.1) is 0 Å². The minimum absolute atomic E-state index is 0.251. The van der Waals surface area contributed by atoms with Crippen molar-refractivity contribution in [3.63, 3.8) is 0 Å². The monoisotopic (exact) mass is 213 g/mol. The van der Waals surface area contributed by atoms with Crippen molar-refractivity contribution in [2.75, 3.05) is 13.1 Å². The number of amides is 1. The van der Waals surface area contributed by atoms with E-state index in [4.69, 9.17) is 0 Å². The van der Waals surface area contributed by atoms with Crippen LogP contribution in [0.2, 0.25) is 0 Å². The molecule has 0 aromatic carbocycles. The van der Waals surface area contributed by atoms with Gasteiger partial charge in [-0.1, -0.05) is 13.8 Å². The lowest BCUT2D eigenvalue weighted by Gasteiger charge is -2.23. The number of hydrogen-bond acceptors (Lipinski definition) is 2. The molecular formula is C12H23NO2. The molecule has 1 fully saturated rings. The molecule has 1 unspecified atom stereocenters. The van der Waals surface area contributed by atoms with E-state index in [1.807, 2.05) is 4.90 Å². The third kappa shape index (κ3) is 4.20. The van der Waals surface area contributed by atoms with Crippen LogP contribution in [0.4, 0.5) is 0 Å². The number of carbonyl (C=O) groups excluding carboxylic acids is 1. The van der Waals surface area contributed by atoms with Crippen LogP contribution in [0.25, 0.3) is 0 Å². The molecule has 1 N–H and O–H groups in total. The Bertz CT molecular complexity index is 224. The number of aliphatic hydroxyl groups is 1. The second kappa shape index (κ2) is 4.97. The zero-order valence-electron chi connectivity index (χ0n) is 10.1. The topological polar surface area (TPSA) is 40.5 Å². The zero-order chi connectivity index (χ0) is 11.5. The number of likely N-dealkylation sites (tertiary alicyclic amines) is 1. The molecule has 1 amide bonds. The summed E-state index contributed by atoms with van der Waals surface area (Å²) in [5.41, 5.74) is 0.287. The Morgan fingerprint density at radius 1 is 1.47 bits per heavy atom. The van der Waals surface area contributed by atoms with Crippen LogP contribution >= 0.6 is 0 Å². The first-order valence-corrected chi connectivity index (χ1v) is 5.86. The van der Waals surface area contributed by atoms with Crippen molar-refractivity contribution in [1.82, 2.24) is 4.90 Å². The third-order valence-corrected chi connectivity index (χ3v) is 3.24. The van der Waals surface area contributed by atoms with Crippen LogP contribution in [0.15, 0.2) is 0 Å². The standard InChI is InChI=1S/C12H23NO2/c1-10(14)5-8-13-9-7-12(2,3)6-4-11(13)15/h10,14H,4-9H2,1-3H3. The third-order valence-electron chi connectivity index (χ3n) is 3.24. The Morgan fingerprint density at radius 3 is 2.73 bits per heavy atom. The molecule has 1 rings (SSSR count). The van der Waals surface area contributed by atoms with Gasteiger partial charge in [-0.05, 0) is 31.6 Å². The van der Waals surface area contributed by atoms with Crippen molar-refractivity contribution in [2.45, 2.75) is 52.6 Å². The van der Waals surface area contributed by atoms with Crippen molar-refractivity contribution in [2.24, 2.45) is 5.41 Å². The van der Waals surface area contributed by atoms with Gasteiger partial charge in [-0.25, -0.2) is 0 Å². The van der Waals surface area contributed by atoms with E-state index in [1.165, 1.54) is 0 Å². The minimum atomic E-state index is -0.311. The van der Waals surface area contributed by atoms with Crippen LogP contribution in [-0.4, -0.2) is 35.1 Å². The van der Waals surface area contributed by atoms with Gasteiger partial charge < -0.3 is 10.0 Å². The molecular weight excluding hydrogens is 190 g/mol. The maximum absolute atomic E-state index is 11.8. The van der Waals surface area contributed by atoms with Crippen LogP contribution in [0.1, 0.15) is 46.5 Å². The molecule has 1 atom stereocenters. The van der Waals surface area contributed by atoms with Gasteiger partial charge in [0, 0.05) is 19.5 Å². The first kappa shape index (κ1) is 12.5. The van der Waals surface area contributed by atoms with Gasteiger partial charge in [0.15, 0.2) is 0 Å². The Balaban J connectivity index is 2.47. The van der Waals surface area contributed by atoms with E-state index in [-0.39, 0.29) is 17.4 Å².